The van der Waals surface area contributed by atoms with Gasteiger partial charge in [0.05, 0.1) is 18.6 Å². The van der Waals surface area contributed by atoms with E-state index >= 15 is 0 Å². The number of nitrogens with one attached hydrogen (secondary N) is 3. The average molecular weight is 390 g/mol. The number of hydrogen-bond donors (Lipinski definition) is 4. The minimum absolute atomic E-state index is 0.106. The van der Waals surface area contributed by atoms with Crippen molar-refractivity contribution in [1.29, 1.82) is 5.41 Å². The lowest BCUT2D eigenvalue weighted by molar-refractivity contribution is -0.121. The molecule has 0 aromatic heterocycles. The minimum atomic E-state index is -4.81. The lowest BCUT2D eigenvalue weighted by Crippen LogP contribution is -2.53. The summed E-state index contributed by atoms with van der Waals surface area (Å²) in [7, 11) is -4.81. The molecule has 3 rings (SSSR count). The Morgan fingerprint density at radius 2 is 2.04 bits per heavy atom. The van der Waals surface area contributed by atoms with Crippen LogP contribution in [-0.4, -0.2) is 97.0 Å². The number of fused-ring (bicyclic) bond motifs is 2. The van der Waals surface area contributed by atoms with Gasteiger partial charge in [-0.25, -0.2) is 4.79 Å². The van der Waals surface area contributed by atoms with Crippen LogP contribution in [0.25, 0.3) is 0 Å². The Hall–Kier alpha value is -1.80. The summed E-state index contributed by atoms with van der Waals surface area (Å²) in [4.78, 5) is 27.7. The van der Waals surface area contributed by atoms with Gasteiger partial charge in [0, 0.05) is 32.7 Å². The zero-order valence-electron chi connectivity index (χ0n) is 14.0. The number of urea groups is 1. The van der Waals surface area contributed by atoms with Crippen molar-refractivity contribution in [1.82, 2.24) is 25.5 Å². The van der Waals surface area contributed by atoms with Crippen LogP contribution in [0.1, 0.15) is 12.8 Å². The average Bonchev–Trinajstić information content (AvgIpc) is 2.79. The van der Waals surface area contributed by atoms with Crippen LogP contribution in [0.5, 0.6) is 0 Å². The topological polar surface area (TPSA) is 155 Å². The lowest BCUT2D eigenvalue weighted by atomic mass is 10.00. The molecule has 0 radical (unpaired) electrons. The summed E-state index contributed by atoms with van der Waals surface area (Å²) in [5, 5.41) is 14.5. The standard InChI is InChI=1S/C13H22N6O6S/c14-12(16-11(20)8-17-5-3-15-4-6-17)10-2-1-9-7-18(10)13(21)19(9)25-26(22,23)24/h9-10,15H,1-8H2,(H2,14,16,20)(H,22,23,24)/t9-,10+/m1/s1. The van der Waals surface area contributed by atoms with Crippen molar-refractivity contribution in [2.75, 3.05) is 39.3 Å². The van der Waals surface area contributed by atoms with Gasteiger partial charge in [-0.15, -0.1) is 4.28 Å². The third-order valence-electron chi connectivity index (χ3n) is 4.68. The molecule has 0 spiro atoms. The quantitative estimate of drug-likeness (QED) is 0.238. The Bertz CT molecular complexity index is 693. The molecule has 3 amide bonds. The highest BCUT2D eigenvalue weighted by molar-refractivity contribution is 7.80. The second-order valence-corrected chi connectivity index (χ2v) is 7.50. The number of hydrogen-bond acceptors (Lipinski definition) is 8. The van der Waals surface area contributed by atoms with Crippen molar-refractivity contribution >= 4 is 28.2 Å². The van der Waals surface area contributed by atoms with E-state index in [0.717, 1.165) is 26.2 Å². The Balaban J connectivity index is 1.57. The van der Waals surface area contributed by atoms with E-state index in [1.807, 2.05) is 4.90 Å². The van der Waals surface area contributed by atoms with Gasteiger partial charge in [0.25, 0.3) is 0 Å². The predicted octanol–water partition coefficient (Wildman–Crippen LogP) is -2.01. The molecule has 3 fully saturated rings. The summed E-state index contributed by atoms with van der Waals surface area (Å²) in [6.45, 7) is 3.44. The molecule has 3 aliphatic heterocycles. The number of piperidine rings is 1. The van der Waals surface area contributed by atoms with Crippen molar-refractivity contribution < 1.29 is 26.8 Å². The van der Waals surface area contributed by atoms with Gasteiger partial charge in [0.2, 0.25) is 5.91 Å². The van der Waals surface area contributed by atoms with Crippen LogP contribution in [-0.2, 0) is 19.5 Å². The zero-order chi connectivity index (χ0) is 18.9. The first-order valence-corrected chi connectivity index (χ1v) is 9.69. The Kier molecular flexibility index (Phi) is 5.43. The molecule has 3 heterocycles. The fourth-order valence-electron chi connectivity index (χ4n) is 3.48. The second kappa shape index (κ2) is 7.44. The predicted molar refractivity (Wildman–Crippen MR) is 88.6 cm³/mol. The lowest BCUT2D eigenvalue weighted by Gasteiger charge is -2.31. The van der Waals surface area contributed by atoms with Crippen molar-refractivity contribution in [3.63, 3.8) is 0 Å². The highest BCUT2D eigenvalue weighted by atomic mass is 32.3. The van der Waals surface area contributed by atoms with Crippen LogP contribution in [0.3, 0.4) is 0 Å². The van der Waals surface area contributed by atoms with Crippen LogP contribution in [0, 0.1) is 5.41 Å². The maximum absolute atomic E-state index is 12.3. The molecule has 0 aliphatic carbocycles. The van der Waals surface area contributed by atoms with Gasteiger partial charge in [-0.3, -0.25) is 19.7 Å². The molecule has 0 unspecified atom stereocenters. The molecule has 0 saturated carbocycles. The van der Waals surface area contributed by atoms with E-state index in [0.29, 0.717) is 17.9 Å². The SMILES string of the molecule is N=C(NC(=O)CN1CCNCC1)[C@@H]1CC[C@@H]2CN1C(=O)N2OS(=O)(=O)O. The summed E-state index contributed by atoms with van der Waals surface area (Å²) in [5.41, 5.74) is 0. The Morgan fingerprint density at radius 1 is 1.35 bits per heavy atom. The van der Waals surface area contributed by atoms with E-state index in [1.54, 1.807) is 0 Å². The van der Waals surface area contributed by atoms with Gasteiger partial charge in [-0.05, 0) is 12.8 Å². The molecular formula is C13H22N6O6S. The monoisotopic (exact) mass is 390 g/mol. The minimum Gasteiger partial charge on any atom is -0.314 e. The van der Waals surface area contributed by atoms with E-state index in [4.69, 9.17) is 9.96 Å². The number of carbonyl (C=O) groups excluding carboxylic acids is 2. The van der Waals surface area contributed by atoms with Gasteiger partial charge < -0.3 is 15.5 Å². The maximum atomic E-state index is 12.3. The molecule has 2 atom stereocenters. The van der Waals surface area contributed by atoms with Gasteiger partial charge in [0.15, 0.2) is 0 Å². The molecule has 26 heavy (non-hydrogen) atoms. The summed E-state index contributed by atoms with van der Waals surface area (Å²) >= 11 is 0. The molecule has 3 aliphatic rings. The number of amides is 3. The maximum Gasteiger partial charge on any atom is 0.418 e. The summed E-state index contributed by atoms with van der Waals surface area (Å²) < 4.78 is 34.9. The fourth-order valence-corrected chi connectivity index (χ4v) is 3.87. The van der Waals surface area contributed by atoms with Gasteiger partial charge >= 0.3 is 16.4 Å². The molecule has 3 saturated heterocycles. The fraction of sp³-hybridized carbons (Fsp3) is 0.769. The molecular weight excluding hydrogens is 368 g/mol. The second-order valence-electron chi connectivity index (χ2n) is 6.50. The normalized spacial score (nSPS) is 26.9. The molecule has 2 bridgehead atoms. The molecule has 0 aromatic rings. The Labute approximate surface area is 150 Å². The molecule has 0 aromatic carbocycles. The number of nitrogens with zero attached hydrogens (tertiary/aromatic N) is 3. The van der Waals surface area contributed by atoms with E-state index < -0.39 is 28.5 Å². The largest absolute Gasteiger partial charge is 0.418 e. The van der Waals surface area contributed by atoms with E-state index in [1.165, 1.54) is 4.90 Å². The van der Waals surface area contributed by atoms with Gasteiger partial charge in [-0.1, -0.05) is 0 Å². The third kappa shape index (κ3) is 4.29. The van der Waals surface area contributed by atoms with Crippen LogP contribution in [0.2, 0.25) is 0 Å². The van der Waals surface area contributed by atoms with Crippen LogP contribution in [0.4, 0.5) is 4.79 Å². The molecule has 146 valence electrons. The van der Waals surface area contributed by atoms with Crippen molar-refractivity contribution in [3.05, 3.63) is 0 Å². The highest BCUT2D eigenvalue weighted by Gasteiger charge is 2.48. The molecule has 4 N–H and O–H groups in total. The molecule has 12 nitrogen and oxygen atoms in total. The van der Waals surface area contributed by atoms with Crippen LogP contribution < -0.4 is 10.6 Å². The summed E-state index contributed by atoms with van der Waals surface area (Å²) in [5.74, 6) is -0.428. The number of amidine groups is 1. The smallest absolute Gasteiger partial charge is 0.314 e. The van der Waals surface area contributed by atoms with Crippen LogP contribution >= 0.6 is 0 Å². The third-order valence-corrected chi connectivity index (χ3v) is 5.03. The van der Waals surface area contributed by atoms with E-state index in [9.17, 15) is 18.0 Å². The van der Waals surface area contributed by atoms with E-state index in [-0.39, 0.29) is 24.8 Å². The van der Waals surface area contributed by atoms with Crippen molar-refractivity contribution in [3.8, 4) is 0 Å². The number of rotatable bonds is 5. The summed E-state index contributed by atoms with van der Waals surface area (Å²) in [6.07, 6.45) is 0.771. The van der Waals surface area contributed by atoms with Crippen molar-refractivity contribution in [2.45, 2.75) is 24.9 Å². The van der Waals surface area contributed by atoms with E-state index in [2.05, 4.69) is 14.9 Å². The first-order valence-electron chi connectivity index (χ1n) is 8.33. The molecule has 13 heteroatoms. The van der Waals surface area contributed by atoms with Gasteiger partial charge in [0.1, 0.15) is 5.84 Å². The number of piperazine rings is 1. The first kappa shape index (κ1) is 19.0. The van der Waals surface area contributed by atoms with Crippen molar-refractivity contribution in [2.24, 2.45) is 0 Å². The number of carbonyl (C=O) groups is 2. The Morgan fingerprint density at radius 3 is 2.69 bits per heavy atom. The zero-order valence-corrected chi connectivity index (χ0v) is 14.9. The summed E-state index contributed by atoms with van der Waals surface area (Å²) in [6, 6.07) is -1.94. The van der Waals surface area contributed by atoms with Gasteiger partial charge in [-0.2, -0.15) is 13.5 Å². The van der Waals surface area contributed by atoms with Crippen LogP contribution in [0.15, 0.2) is 0 Å². The first-order chi connectivity index (χ1) is 12.2. The highest BCUT2D eigenvalue weighted by Crippen LogP contribution is 2.30. The number of hydroxylamine groups is 2.